The van der Waals surface area contributed by atoms with Crippen LogP contribution < -0.4 is 10.2 Å². The molecular formula is C13H14BrCl2N3S. The van der Waals surface area contributed by atoms with Crippen molar-refractivity contribution in [3.63, 3.8) is 0 Å². The fourth-order valence-corrected chi connectivity index (χ4v) is 3.56. The van der Waals surface area contributed by atoms with Gasteiger partial charge in [-0.1, -0.05) is 23.2 Å². The predicted molar refractivity (Wildman–Crippen MR) is 92.5 cm³/mol. The Labute approximate surface area is 141 Å². The van der Waals surface area contributed by atoms with E-state index in [1.165, 1.54) is 5.56 Å². The predicted octanol–water partition coefficient (Wildman–Crippen LogP) is 5.28. The zero-order chi connectivity index (χ0) is 14.7. The van der Waals surface area contributed by atoms with Crippen molar-refractivity contribution in [1.82, 2.24) is 4.98 Å². The van der Waals surface area contributed by atoms with Crippen LogP contribution in [0.1, 0.15) is 12.5 Å². The van der Waals surface area contributed by atoms with Gasteiger partial charge in [0.2, 0.25) is 0 Å². The van der Waals surface area contributed by atoms with Gasteiger partial charge in [0.25, 0.3) is 0 Å². The lowest BCUT2D eigenvalue weighted by molar-refractivity contribution is 0.901. The number of hydrogen-bond donors (Lipinski definition) is 1. The summed E-state index contributed by atoms with van der Waals surface area (Å²) in [5.74, 6) is 1.38. The van der Waals surface area contributed by atoms with Gasteiger partial charge in [-0.2, -0.15) is 0 Å². The molecule has 0 atom stereocenters. The molecule has 0 saturated heterocycles. The van der Waals surface area contributed by atoms with Crippen LogP contribution in [-0.2, 0) is 6.54 Å². The zero-order valence-electron chi connectivity index (χ0n) is 11.1. The third-order valence-corrected chi connectivity index (χ3v) is 4.78. The fraction of sp³-hybridized carbons (Fsp3) is 0.308. The van der Waals surface area contributed by atoms with Crippen LogP contribution in [0, 0.1) is 0 Å². The first-order chi connectivity index (χ1) is 9.51. The molecule has 0 aliphatic carbocycles. The number of aromatic nitrogens is 1. The molecule has 0 aromatic carbocycles. The standard InChI is InChI=1S/C13H14BrCl2N3S/c1-3-17-12-9(15)5-10(16)13(18-12)19(2)6-8-4-11(14)20-7-8/h4-5,7H,3,6H2,1-2H3,(H,17,18). The van der Waals surface area contributed by atoms with E-state index in [4.69, 9.17) is 23.2 Å². The molecule has 1 N–H and O–H groups in total. The monoisotopic (exact) mass is 393 g/mol. The van der Waals surface area contributed by atoms with Gasteiger partial charge < -0.3 is 10.2 Å². The van der Waals surface area contributed by atoms with E-state index in [9.17, 15) is 0 Å². The van der Waals surface area contributed by atoms with E-state index in [2.05, 4.69) is 37.7 Å². The molecule has 2 heterocycles. The van der Waals surface area contributed by atoms with E-state index in [0.29, 0.717) is 21.7 Å². The molecule has 7 heteroatoms. The third kappa shape index (κ3) is 3.79. The van der Waals surface area contributed by atoms with Gasteiger partial charge >= 0.3 is 0 Å². The molecule has 3 nitrogen and oxygen atoms in total. The van der Waals surface area contributed by atoms with Crippen LogP contribution in [0.2, 0.25) is 10.0 Å². The second-order valence-corrected chi connectivity index (χ2v) is 7.37. The topological polar surface area (TPSA) is 28.2 Å². The second kappa shape index (κ2) is 6.98. The van der Waals surface area contributed by atoms with E-state index in [-0.39, 0.29) is 0 Å². The third-order valence-electron chi connectivity index (χ3n) is 2.66. The first-order valence-corrected chi connectivity index (χ1v) is 8.48. The number of hydrogen-bond acceptors (Lipinski definition) is 4. The van der Waals surface area contributed by atoms with Crippen LogP contribution in [-0.4, -0.2) is 18.6 Å². The zero-order valence-corrected chi connectivity index (χ0v) is 15.0. The lowest BCUT2D eigenvalue weighted by Gasteiger charge is -2.20. The van der Waals surface area contributed by atoms with Gasteiger partial charge in [0, 0.05) is 20.1 Å². The average Bonchev–Trinajstić information content (AvgIpc) is 2.78. The summed E-state index contributed by atoms with van der Waals surface area (Å²) in [5, 5.41) is 6.32. The summed E-state index contributed by atoms with van der Waals surface area (Å²) in [6, 6.07) is 3.82. The largest absolute Gasteiger partial charge is 0.369 e. The number of thiophene rings is 1. The lowest BCUT2D eigenvalue weighted by Crippen LogP contribution is -2.18. The van der Waals surface area contributed by atoms with Crippen molar-refractivity contribution in [3.8, 4) is 0 Å². The molecule has 0 amide bonds. The SMILES string of the molecule is CCNc1nc(N(C)Cc2csc(Br)c2)c(Cl)cc1Cl. The first-order valence-electron chi connectivity index (χ1n) is 6.05. The van der Waals surface area contributed by atoms with Crippen molar-refractivity contribution >= 4 is 62.1 Å². The van der Waals surface area contributed by atoms with Crippen molar-refractivity contribution in [2.75, 3.05) is 23.8 Å². The smallest absolute Gasteiger partial charge is 0.149 e. The minimum absolute atomic E-state index is 0.535. The van der Waals surface area contributed by atoms with Gasteiger partial charge in [-0.05, 0) is 45.9 Å². The summed E-state index contributed by atoms with van der Waals surface area (Å²) in [7, 11) is 1.96. The highest BCUT2D eigenvalue weighted by atomic mass is 79.9. The molecular weight excluding hydrogens is 381 g/mol. The van der Waals surface area contributed by atoms with Gasteiger partial charge in [0.1, 0.15) is 11.6 Å². The van der Waals surface area contributed by atoms with Crippen LogP contribution in [0.4, 0.5) is 11.6 Å². The van der Waals surface area contributed by atoms with Crippen LogP contribution in [0.5, 0.6) is 0 Å². The minimum atomic E-state index is 0.535. The maximum Gasteiger partial charge on any atom is 0.149 e. The molecule has 0 aliphatic rings. The Morgan fingerprint density at radius 3 is 2.70 bits per heavy atom. The molecule has 0 radical (unpaired) electrons. The lowest BCUT2D eigenvalue weighted by atomic mass is 10.3. The average molecular weight is 395 g/mol. The quantitative estimate of drug-likeness (QED) is 0.747. The number of rotatable bonds is 5. The Balaban J connectivity index is 2.24. The van der Waals surface area contributed by atoms with E-state index < -0.39 is 0 Å². The molecule has 0 unspecified atom stereocenters. The minimum Gasteiger partial charge on any atom is -0.369 e. The number of nitrogens with zero attached hydrogens (tertiary/aromatic N) is 2. The van der Waals surface area contributed by atoms with E-state index in [0.717, 1.165) is 16.9 Å². The summed E-state index contributed by atoms with van der Waals surface area (Å²) in [4.78, 5) is 6.51. The van der Waals surface area contributed by atoms with Crippen LogP contribution in [0.25, 0.3) is 0 Å². The number of pyridine rings is 1. The molecule has 0 aliphatic heterocycles. The summed E-state index contributed by atoms with van der Waals surface area (Å²) in [5.41, 5.74) is 1.21. The van der Waals surface area contributed by atoms with Crippen molar-refractivity contribution in [2.24, 2.45) is 0 Å². The number of nitrogens with one attached hydrogen (secondary N) is 1. The van der Waals surface area contributed by atoms with Gasteiger partial charge in [0.15, 0.2) is 0 Å². The van der Waals surface area contributed by atoms with E-state index in [1.54, 1.807) is 17.4 Å². The van der Waals surface area contributed by atoms with Crippen molar-refractivity contribution < 1.29 is 0 Å². The normalized spacial score (nSPS) is 10.7. The van der Waals surface area contributed by atoms with Gasteiger partial charge in [-0.15, -0.1) is 11.3 Å². The van der Waals surface area contributed by atoms with E-state index >= 15 is 0 Å². The van der Waals surface area contributed by atoms with Crippen LogP contribution >= 0.6 is 50.5 Å². The molecule has 0 spiro atoms. The number of anilines is 2. The molecule has 2 rings (SSSR count). The Bertz CT molecular complexity index is 603. The summed E-state index contributed by atoms with van der Waals surface area (Å²) < 4.78 is 1.12. The highest BCUT2D eigenvalue weighted by molar-refractivity contribution is 9.11. The Hall–Kier alpha value is -0.490. The summed E-state index contributed by atoms with van der Waals surface area (Å²) in [6.07, 6.45) is 0. The Morgan fingerprint density at radius 2 is 2.10 bits per heavy atom. The first kappa shape index (κ1) is 15.9. The van der Waals surface area contributed by atoms with Gasteiger partial charge in [-0.25, -0.2) is 4.98 Å². The van der Waals surface area contributed by atoms with E-state index in [1.807, 2.05) is 18.9 Å². The highest BCUT2D eigenvalue weighted by Gasteiger charge is 2.13. The molecule has 0 bridgehead atoms. The highest BCUT2D eigenvalue weighted by Crippen LogP contribution is 2.32. The summed E-state index contributed by atoms with van der Waals surface area (Å²) in [6.45, 7) is 3.50. The second-order valence-electron chi connectivity index (χ2n) is 4.27. The molecule has 0 saturated carbocycles. The Morgan fingerprint density at radius 1 is 1.35 bits per heavy atom. The van der Waals surface area contributed by atoms with Gasteiger partial charge in [0.05, 0.1) is 13.8 Å². The van der Waals surface area contributed by atoms with Crippen LogP contribution in [0.3, 0.4) is 0 Å². The van der Waals surface area contributed by atoms with Crippen LogP contribution in [0.15, 0.2) is 21.3 Å². The van der Waals surface area contributed by atoms with Crippen molar-refractivity contribution in [3.05, 3.63) is 36.9 Å². The molecule has 108 valence electrons. The van der Waals surface area contributed by atoms with Crippen molar-refractivity contribution in [1.29, 1.82) is 0 Å². The Kier molecular flexibility index (Phi) is 5.55. The molecule has 2 aromatic heterocycles. The number of halogens is 3. The maximum absolute atomic E-state index is 6.24. The maximum atomic E-state index is 6.24. The molecule has 20 heavy (non-hydrogen) atoms. The fourth-order valence-electron chi connectivity index (χ4n) is 1.79. The van der Waals surface area contributed by atoms with Gasteiger partial charge in [-0.3, -0.25) is 0 Å². The molecule has 0 fully saturated rings. The molecule has 2 aromatic rings. The van der Waals surface area contributed by atoms with Crippen molar-refractivity contribution in [2.45, 2.75) is 13.5 Å². The summed E-state index contributed by atoms with van der Waals surface area (Å²) >= 11 is 17.5.